The zero-order valence-corrected chi connectivity index (χ0v) is 15.7. The molecule has 1 aromatic heterocycles. The summed E-state index contributed by atoms with van der Waals surface area (Å²) in [4.78, 5) is 35.3. The zero-order chi connectivity index (χ0) is 19.6. The van der Waals surface area contributed by atoms with Gasteiger partial charge in [-0.1, -0.05) is 12.1 Å². The number of ether oxygens (including phenoxy) is 2. The lowest BCUT2D eigenvalue weighted by Gasteiger charge is -2.18. The van der Waals surface area contributed by atoms with Gasteiger partial charge in [-0.3, -0.25) is 18.7 Å². The fourth-order valence-corrected chi connectivity index (χ4v) is 3.00. The molecule has 27 heavy (non-hydrogen) atoms. The molecule has 8 heteroatoms. The highest BCUT2D eigenvalue weighted by Gasteiger charge is 2.32. The topological polar surface area (TPSA) is 91.6 Å². The second kappa shape index (κ2) is 7.30. The van der Waals surface area contributed by atoms with Crippen LogP contribution in [0.1, 0.15) is 19.4 Å². The van der Waals surface area contributed by atoms with Gasteiger partial charge in [-0.25, -0.2) is 4.79 Å². The molecule has 1 aromatic carbocycles. The maximum Gasteiger partial charge on any atom is 0.331 e. The quantitative estimate of drug-likeness (QED) is 0.743. The molecule has 0 saturated carbocycles. The molecule has 0 unspecified atom stereocenters. The lowest BCUT2D eigenvalue weighted by atomic mass is 10.0. The van der Waals surface area contributed by atoms with E-state index in [1.807, 2.05) is 32.0 Å². The number of para-hydroxylation sites is 1. The van der Waals surface area contributed by atoms with Gasteiger partial charge >= 0.3 is 5.69 Å². The van der Waals surface area contributed by atoms with Crippen molar-refractivity contribution in [3.05, 3.63) is 56.9 Å². The molecule has 0 spiro atoms. The maximum atomic E-state index is 12.0. The van der Waals surface area contributed by atoms with E-state index in [9.17, 15) is 14.4 Å². The first-order chi connectivity index (χ1) is 12.8. The Kier molecular flexibility index (Phi) is 5.07. The Morgan fingerprint density at radius 1 is 1.30 bits per heavy atom. The van der Waals surface area contributed by atoms with Crippen LogP contribution in [-0.4, -0.2) is 33.8 Å². The number of carbonyl (C=O) groups excluding carboxylic acids is 1. The predicted molar refractivity (Wildman–Crippen MR) is 99.3 cm³/mol. The summed E-state index contributed by atoms with van der Waals surface area (Å²) < 4.78 is 13.8. The highest BCUT2D eigenvalue weighted by atomic mass is 16.5. The van der Waals surface area contributed by atoms with Crippen LogP contribution in [0.15, 0.2) is 40.1 Å². The molecule has 1 aliphatic rings. The molecule has 3 rings (SSSR count). The predicted octanol–water partition coefficient (Wildman–Crippen LogP) is 0.456. The number of nitrogens with zero attached hydrogens (tertiary/aromatic N) is 2. The van der Waals surface area contributed by atoms with E-state index in [1.165, 1.54) is 23.9 Å². The van der Waals surface area contributed by atoms with Crippen LogP contribution < -0.4 is 26.0 Å². The van der Waals surface area contributed by atoms with Gasteiger partial charge < -0.3 is 14.8 Å². The first-order valence-corrected chi connectivity index (χ1v) is 8.74. The summed E-state index contributed by atoms with van der Waals surface area (Å²) in [6, 6.07) is 7.02. The maximum absolute atomic E-state index is 12.0. The lowest BCUT2D eigenvalue weighted by molar-refractivity contribution is -0.121. The van der Waals surface area contributed by atoms with Gasteiger partial charge in [0.25, 0.3) is 5.56 Å². The fraction of sp³-hybridized carbons (Fsp3) is 0.421. The van der Waals surface area contributed by atoms with Crippen molar-refractivity contribution >= 4 is 5.91 Å². The second-order valence-electron chi connectivity index (χ2n) is 7.10. The minimum Gasteiger partial charge on any atom is -0.488 e. The molecule has 0 fully saturated rings. The van der Waals surface area contributed by atoms with E-state index in [0.29, 0.717) is 5.75 Å². The molecule has 0 aliphatic carbocycles. The Labute approximate surface area is 156 Å². The number of rotatable bonds is 6. The third kappa shape index (κ3) is 4.21. The number of aromatic nitrogens is 2. The van der Waals surface area contributed by atoms with E-state index in [1.54, 1.807) is 0 Å². The Hall–Kier alpha value is -3.03. The largest absolute Gasteiger partial charge is 0.488 e. The normalized spacial score (nSPS) is 14.3. The van der Waals surface area contributed by atoms with Gasteiger partial charge in [0, 0.05) is 31.3 Å². The molecule has 8 nitrogen and oxygen atoms in total. The van der Waals surface area contributed by atoms with Crippen LogP contribution in [0.3, 0.4) is 0 Å². The number of hydrogen-bond donors (Lipinski definition) is 1. The highest BCUT2D eigenvalue weighted by molar-refractivity contribution is 5.75. The number of carbonyl (C=O) groups is 1. The number of benzene rings is 1. The molecular weight excluding hydrogens is 350 g/mol. The molecular formula is C19H23N3O5. The summed E-state index contributed by atoms with van der Waals surface area (Å²) >= 11 is 0. The van der Waals surface area contributed by atoms with E-state index in [-0.39, 0.29) is 31.2 Å². The fourth-order valence-electron chi connectivity index (χ4n) is 3.00. The second-order valence-corrected chi connectivity index (χ2v) is 7.10. The van der Waals surface area contributed by atoms with Crippen molar-refractivity contribution in [2.75, 3.05) is 13.2 Å². The summed E-state index contributed by atoms with van der Waals surface area (Å²) in [5.74, 6) is 1.07. The average Bonchev–Trinajstić information content (AvgIpc) is 2.94. The molecule has 144 valence electrons. The molecule has 1 aliphatic heterocycles. The number of nitrogens with one attached hydrogen (secondary N) is 1. The van der Waals surface area contributed by atoms with Gasteiger partial charge in [-0.05, 0) is 19.9 Å². The average molecular weight is 373 g/mol. The Bertz CT molecular complexity index is 974. The highest BCUT2D eigenvalue weighted by Crippen LogP contribution is 2.41. The van der Waals surface area contributed by atoms with Gasteiger partial charge in [-0.2, -0.15) is 0 Å². The molecule has 2 aromatic rings. The molecule has 1 N–H and O–H groups in total. The van der Waals surface area contributed by atoms with Gasteiger partial charge in [0.15, 0.2) is 11.5 Å². The van der Waals surface area contributed by atoms with E-state index in [4.69, 9.17) is 9.47 Å². The number of amides is 1. The van der Waals surface area contributed by atoms with Crippen molar-refractivity contribution in [1.82, 2.24) is 14.5 Å². The first kappa shape index (κ1) is 18.8. The van der Waals surface area contributed by atoms with Crippen LogP contribution in [0.5, 0.6) is 11.5 Å². The standard InChI is InChI=1S/C19H23N3O5/c1-19(2)11-13-5-4-6-14(17(13)27-19)26-10-8-20-15(23)12-22-9-7-16(24)21(3)18(22)25/h4-7,9H,8,10-12H2,1-3H3,(H,20,23). The van der Waals surface area contributed by atoms with Gasteiger partial charge in [0.2, 0.25) is 5.91 Å². The third-order valence-electron chi connectivity index (χ3n) is 4.31. The minimum absolute atomic E-state index is 0.162. The van der Waals surface area contributed by atoms with Gasteiger partial charge in [-0.15, -0.1) is 0 Å². The van der Waals surface area contributed by atoms with Crippen molar-refractivity contribution in [3.63, 3.8) is 0 Å². The van der Waals surface area contributed by atoms with Crippen LogP contribution in [-0.2, 0) is 24.8 Å². The lowest BCUT2D eigenvalue weighted by Crippen LogP contribution is -2.40. The number of hydrogen-bond acceptors (Lipinski definition) is 5. The summed E-state index contributed by atoms with van der Waals surface area (Å²) in [5.41, 5.74) is -0.0889. The van der Waals surface area contributed by atoms with Crippen LogP contribution in [0, 0.1) is 0 Å². The van der Waals surface area contributed by atoms with Crippen LogP contribution in [0.2, 0.25) is 0 Å². The van der Waals surface area contributed by atoms with E-state index < -0.39 is 11.2 Å². The van der Waals surface area contributed by atoms with E-state index >= 15 is 0 Å². The van der Waals surface area contributed by atoms with E-state index in [0.717, 1.165) is 22.3 Å². The van der Waals surface area contributed by atoms with Crippen molar-refractivity contribution in [2.45, 2.75) is 32.4 Å². The third-order valence-corrected chi connectivity index (χ3v) is 4.31. The molecule has 0 saturated heterocycles. The Balaban J connectivity index is 1.51. The molecule has 0 radical (unpaired) electrons. The smallest absolute Gasteiger partial charge is 0.331 e. The monoisotopic (exact) mass is 373 g/mol. The molecule has 0 bridgehead atoms. The van der Waals surface area contributed by atoms with Gasteiger partial charge in [0.1, 0.15) is 18.8 Å². The first-order valence-electron chi connectivity index (χ1n) is 8.74. The summed E-state index contributed by atoms with van der Waals surface area (Å²) in [6.07, 6.45) is 2.14. The zero-order valence-electron chi connectivity index (χ0n) is 15.7. The summed E-state index contributed by atoms with van der Waals surface area (Å²) in [5, 5.41) is 2.69. The SMILES string of the molecule is Cn1c(=O)ccn(CC(=O)NCCOc2cccc3c2OC(C)(C)C3)c1=O. The molecule has 0 atom stereocenters. The van der Waals surface area contributed by atoms with E-state index in [2.05, 4.69) is 5.32 Å². The number of fused-ring (bicyclic) bond motifs is 1. The Morgan fingerprint density at radius 3 is 2.85 bits per heavy atom. The Morgan fingerprint density at radius 2 is 2.07 bits per heavy atom. The van der Waals surface area contributed by atoms with Crippen LogP contribution in [0.4, 0.5) is 0 Å². The van der Waals surface area contributed by atoms with Crippen LogP contribution in [0.25, 0.3) is 0 Å². The van der Waals surface area contributed by atoms with Crippen LogP contribution >= 0.6 is 0 Å². The summed E-state index contributed by atoms with van der Waals surface area (Å²) in [6.45, 7) is 4.45. The van der Waals surface area contributed by atoms with Crippen molar-refractivity contribution in [3.8, 4) is 11.5 Å². The molecule has 1 amide bonds. The van der Waals surface area contributed by atoms with Crippen molar-refractivity contribution < 1.29 is 14.3 Å². The molecule has 2 heterocycles. The van der Waals surface area contributed by atoms with Crippen molar-refractivity contribution in [1.29, 1.82) is 0 Å². The summed E-state index contributed by atoms with van der Waals surface area (Å²) in [7, 11) is 1.37. The minimum atomic E-state index is -0.534. The van der Waals surface area contributed by atoms with Crippen molar-refractivity contribution in [2.24, 2.45) is 7.05 Å². The van der Waals surface area contributed by atoms with Gasteiger partial charge in [0.05, 0.1) is 6.54 Å².